The second kappa shape index (κ2) is 9.71. The number of rotatable bonds is 9. The summed E-state index contributed by atoms with van der Waals surface area (Å²) >= 11 is 6.35. The molecule has 0 radical (unpaired) electrons. The van der Waals surface area contributed by atoms with Crippen LogP contribution in [0.3, 0.4) is 0 Å². The van der Waals surface area contributed by atoms with Gasteiger partial charge >= 0.3 is 0 Å². The average molecular weight is 466 g/mol. The van der Waals surface area contributed by atoms with Crippen molar-refractivity contribution >= 4 is 17.5 Å². The molecule has 7 heteroatoms. The van der Waals surface area contributed by atoms with Crippen molar-refractivity contribution in [2.24, 2.45) is 0 Å². The first-order chi connectivity index (χ1) is 16.0. The lowest BCUT2D eigenvalue weighted by Gasteiger charge is -2.25. The van der Waals surface area contributed by atoms with E-state index in [2.05, 4.69) is 23.7 Å². The molecule has 0 aliphatic carbocycles. The van der Waals surface area contributed by atoms with Crippen LogP contribution in [0.2, 0.25) is 5.02 Å². The van der Waals surface area contributed by atoms with Gasteiger partial charge in [-0.3, -0.25) is 9.89 Å². The number of aromatic nitrogens is 2. The van der Waals surface area contributed by atoms with Gasteiger partial charge in [0.05, 0.1) is 12.6 Å². The molecule has 2 heterocycles. The fourth-order valence-corrected chi connectivity index (χ4v) is 4.41. The minimum absolute atomic E-state index is 0.0626. The molecule has 2 N–H and O–H groups in total. The molecule has 3 aromatic rings. The van der Waals surface area contributed by atoms with Gasteiger partial charge in [0, 0.05) is 22.7 Å². The van der Waals surface area contributed by atoms with Crippen molar-refractivity contribution in [2.75, 3.05) is 13.2 Å². The van der Waals surface area contributed by atoms with Crippen molar-refractivity contribution in [2.45, 2.75) is 39.2 Å². The number of amides is 1. The molecule has 1 aliphatic heterocycles. The number of ether oxygens (including phenoxy) is 1. The zero-order valence-corrected chi connectivity index (χ0v) is 19.7. The Morgan fingerprint density at radius 1 is 1.30 bits per heavy atom. The maximum Gasteiger partial charge on any atom is 0.273 e. The number of aromatic hydroxyl groups is 1. The summed E-state index contributed by atoms with van der Waals surface area (Å²) < 4.78 is 5.96. The second-order valence-electron chi connectivity index (χ2n) is 8.26. The normalized spacial score (nSPS) is 15.1. The number of benzene rings is 2. The van der Waals surface area contributed by atoms with Crippen molar-refractivity contribution < 1.29 is 14.6 Å². The molecule has 6 nitrogen and oxygen atoms in total. The van der Waals surface area contributed by atoms with E-state index in [1.807, 2.05) is 31.2 Å². The molecule has 1 aliphatic rings. The number of nitrogens with zero attached hydrogens (tertiary/aromatic N) is 2. The van der Waals surface area contributed by atoms with E-state index in [1.54, 1.807) is 23.1 Å². The third kappa shape index (κ3) is 4.35. The van der Waals surface area contributed by atoms with Crippen LogP contribution in [0.5, 0.6) is 11.5 Å². The van der Waals surface area contributed by atoms with Gasteiger partial charge in [-0.2, -0.15) is 5.10 Å². The van der Waals surface area contributed by atoms with E-state index in [1.165, 1.54) is 0 Å². The minimum Gasteiger partial charge on any atom is -0.507 e. The quantitative estimate of drug-likeness (QED) is 0.298. The van der Waals surface area contributed by atoms with Crippen LogP contribution >= 0.6 is 11.6 Å². The highest BCUT2D eigenvalue weighted by Crippen LogP contribution is 2.45. The van der Waals surface area contributed by atoms with E-state index in [9.17, 15) is 9.90 Å². The molecule has 0 saturated heterocycles. The molecular formula is C26H28ClN3O3. The number of phenolic OH excluding ortho intramolecular Hbond substituents is 1. The zero-order chi connectivity index (χ0) is 23.5. The number of fused-ring (bicyclic) bond motifs is 1. The maximum absolute atomic E-state index is 13.2. The molecule has 0 bridgehead atoms. The Kier molecular flexibility index (Phi) is 6.75. The van der Waals surface area contributed by atoms with Gasteiger partial charge in [0.1, 0.15) is 22.9 Å². The van der Waals surface area contributed by atoms with Crippen molar-refractivity contribution in [3.8, 4) is 22.8 Å². The summed E-state index contributed by atoms with van der Waals surface area (Å²) in [6.45, 7) is 8.82. The van der Waals surface area contributed by atoms with Crippen LogP contribution in [-0.4, -0.2) is 39.3 Å². The van der Waals surface area contributed by atoms with Crippen LogP contribution in [0.1, 0.15) is 59.4 Å². The number of phenols is 1. The Morgan fingerprint density at radius 2 is 2.12 bits per heavy atom. The molecule has 0 spiro atoms. The molecule has 4 rings (SSSR count). The molecular weight excluding hydrogens is 438 g/mol. The summed E-state index contributed by atoms with van der Waals surface area (Å²) in [5, 5.41) is 18.5. The van der Waals surface area contributed by atoms with Gasteiger partial charge < -0.3 is 14.7 Å². The van der Waals surface area contributed by atoms with Gasteiger partial charge in [-0.05, 0) is 48.7 Å². The summed E-state index contributed by atoms with van der Waals surface area (Å²) in [4.78, 5) is 15.0. The zero-order valence-electron chi connectivity index (χ0n) is 18.9. The number of carbonyl (C=O) groups excluding carboxylic acids is 1. The lowest BCUT2D eigenvalue weighted by atomic mass is 9.95. The number of hydrogen-bond acceptors (Lipinski definition) is 4. The number of carbonyl (C=O) groups is 1. The molecule has 0 saturated carbocycles. The maximum atomic E-state index is 13.2. The second-order valence-corrected chi connectivity index (χ2v) is 8.66. The van der Waals surface area contributed by atoms with Crippen molar-refractivity contribution in [3.63, 3.8) is 0 Å². The monoisotopic (exact) mass is 465 g/mol. The molecule has 33 heavy (non-hydrogen) atoms. The SMILES string of the molecule is C=CCN1C(=O)c2[nH]nc(-c3cc(Cl)c(C)cc3O)c2C1c1cccc(OCCCCC)c1. The summed E-state index contributed by atoms with van der Waals surface area (Å²) in [6, 6.07) is 10.7. The number of aromatic amines is 1. The van der Waals surface area contributed by atoms with Crippen LogP contribution in [0.4, 0.5) is 0 Å². The molecule has 1 unspecified atom stereocenters. The van der Waals surface area contributed by atoms with Gasteiger partial charge in [0.15, 0.2) is 0 Å². The summed E-state index contributed by atoms with van der Waals surface area (Å²) in [5.41, 5.74) is 3.76. The molecule has 172 valence electrons. The van der Waals surface area contributed by atoms with Crippen molar-refractivity contribution in [1.29, 1.82) is 0 Å². The van der Waals surface area contributed by atoms with Crippen molar-refractivity contribution in [1.82, 2.24) is 15.1 Å². The standard InChI is InChI=1S/C26H28ClN3O3/c1-4-6-7-12-33-18-10-8-9-17(14-18)25-22-23(19-15-20(27)16(3)13-21(19)31)28-29-24(22)26(32)30(25)11-5-2/h5,8-10,13-15,25,31H,2,4,6-7,11-12H2,1,3H3,(H,28,29). The van der Waals surface area contributed by atoms with E-state index in [4.69, 9.17) is 16.3 Å². The topological polar surface area (TPSA) is 78.5 Å². The number of aryl methyl sites for hydroxylation is 1. The summed E-state index contributed by atoms with van der Waals surface area (Å²) in [5.74, 6) is 0.655. The Bertz CT molecular complexity index is 1190. The van der Waals surface area contributed by atoms with Crippen LogP contribution < -0.4 is 4.74 Å². The summed E-state index contributed by atoms with van der Waals surface area (Å²) in [6.07, 6.45) is 4.95. The molecule has 0 fully saturated rings. The Hall–Kier alpha value is -3.25. The number of unbranched alkanes of at least 4 members (excludes halogenated alkanes) is 2. The van der Waals surface area contributed by atoms with Crippen LogP contribution in [0.15, 0.2) is 49.1 Å². The predicted octanol–water partition coefficient (Wildman–Crippen LogP) is 6.04. The van der Waals surface area contributed by atoms with Gasteiger partial charge in [-0.1, -0.05) is 49.6 Å². The number of halogens is 1. The van der Waals surface area contributed by atoms with E-state index in [-0.39, 0.29) is 11.7 Å². The van der Waals surface area contributed by atoms with E-state index < -0.39 is 6.04 Å². The third-order valence-corrected chi connectivity index (χ3v) is 6.32. The van der Waals surface area contributed by atoms with Gasteiger partial charge in [0.2, 0.25) is 0 Å². The van der Waals surface area contributed by atoms with Gasteiger partial charge in [-0.25, -0.2) is 0 Å². The average Bonchev–Trinajstić information content (AvgIpc) is 3.34. The fourth-order valence-electron chi connectivity index (χ4n) is 4.25. The van der Waals surface area contributed by atoms with Crippen LogP contribution in [0.25, 0.3) is 11.3 Å². The molecule has 1 atom stereocenters. The third-order valence-electron chi connectivity index (χ3n) is 5.91. The molecule has 1 amide bonds. The molecule has 2 aromatic carbocycles. The van der Waals surface area contributed by atoms with E-state index in [0.717, 1.165) is 36.1 Å². The Balaban J connectivity index is 1.78. The van der Waals surface area contributed by atoms with Crippen LogP contribution in [-0.2, 0) is 0 Å². The van der Waals surface area contributed by atoms with Crippen molar-refractivity contribution in [3.05, 3.63) is 76.5 Å². The minimum atomic E-state index is -0.405. The first-order valence-corrected chi connectivity index (χ1v) is 11.6. The fraction of sp³-hybridized carbons (Fsp3) is 0.308. The first-order valence-electron chi connectivity index (χ1n) is 11.2. The lowest BCUT2D eigenvalue weighted by molar-refractivity contribution is 0.0764. The van der Waals surface area contributed by atoms with Gasteiger partial charge in [-0.15, -0.1) is 6.58 Å². The first kappa shape index (κ1) is 22.9. The highest BCUT2D eigenvalue weighted by Gasteiger charge is 2.42. The largest absolute Gasteiger partial charge is 0.507 e. The van der Waals surface area contributed by atoms with Crippen LogP contribution in [0, 0.1) is 6.92 Å². The van der Waals surface area contributed by atoms with Gasteiger partial charge in [0.25, 0.3) is 5.91 Å². The van der Waals surface area contributed by atoms with E-state index in [0.29, 0.717) is 40.7 Å². The molecule has 1 aromatic heterocycles. The smallest absolute Gasteiger partial charge is 0.273 e. The highest BCUT2D eigenvalue weighted by atomic mass is 35.5. The predicted molar refractivity (Wildman–Crippen MR) is 130 cm³/mol. The number of nitrogens with one attached hydrogen (secondary N) is 1. The Labute approximate surface area is 198 Å². The number of hydrogen-bond donors (Lipinski definition) is 2. The summed E-state index contributed by atoms with van der Waals surface area (Å²) in [7, 11) is 0. The number of H-pyrrole nitrogens is 1. The highest BCUT2D eigenvalue weighted by molar-refractivity contribution is 6.31. The van der Waals surface area contributed by atoms with E-state index >= 15 is 0 Å². The lowest BCUT2D eigenvalue weighted by Crippen LogP contribution is -2.29. The Morgan fingerprint density at radius 3 is 2.88 bits per heavy atom.